The molecule has 4 nitrogen and oxygen atoms in total. The van der Waals surface area contributed by atoms with Crippen LogP contribution in [0.25, 0.3) is 0 Å². The van der Waals surface area contributed by atoms with Crippen LogP contribution in [0.2, 0.25) is 0 Å². The van der Waals surface area contributed by atoms with Gasteiger partial charge in [-0.15, -0.1) is 11.3 Å². The van der Waals surface area contributed by atoms with E-state index >= 15 is 0 Å². The first kappa shape index (κ1) is 12.4. The zero-order valence-electron chi connectivity index (χ0n) is 11.1. The SMILES string of the molecule is Cc1cc(CNc2cc(=O)[nH]c(C3CC3)n2)sc1C. The summed E-state index contributed by atoms with van der Waals surface area (Å²) in [5, 5.41) is 3.24. The number of aromatic nitrogens is 2. The van der Waals surface area contributed by atoms with E-state index in [1.165, 1.54) is 21.4 Å². The molecule has 2 aromatic rings. The molecule has 1 aliphatic carbocycles. The molecule has 1 saturated carbocycles. The predicted octanol–water partition coefficient (Wildman–Crippen LogP) is 2.94. The monoisotopic (exact) mass is 275 g/mol. The lowest BCUT2D eigenvalue weighted by Crippen LogP contribution is -2.13. The van der Waals surface area contributed by atoms with Crippen molar-refractivity contribution >= 4 is 17.2 Å². The van der Waals surface area contributed by atoms with Crippen LogP contribution >= 0.6 is 11.3 Å². The second kappa shape index (κ2) is 4.81. The molecular weight excluding hydrogens is 258 g/mol. The summed E-state index contributed by atoms with van der Waals surface area (Å²) in [6.45, 7) is 4.96. The van der Waals surface area contributed by atoms with E-state index in [1.54, 1.807) is 11.3 Å². The Morgan fingerprint density at radius 3 is 2.84 bits per heavy atom. The average Bonchev–Trinajstić information content (AvgIpc) is 3.15. The van der Waals surface area contributed by atoms with Crippen molar-refractivity contribution in [1.29, 1.82) is 0 Å². The number of rotatable bonds is 4. The van der Waals surface area contributed by atoms with Crippen molar-refractivity contribution < 1.29 is 0 Å². The number of hydrogen-bond donors (Lipinski definition) is 2. The largest absolute Gasteiger partial charge is 0.365 e. The smallest absolute Gasteiger partial charge is 0.252 e. The molecule has 3 rings (SSSR count). The topological polar surface area (TPSA) is 57.8 Å². The molecule has 0 aliphatic heterocycles. The summed E-state index contributed by atoms with van der Waals surface area (Å²) in [7, 11) is 0. The molecule has 0 radical (unpaired) electrons. The molecule has 1 aliphatic rings. The number of hydrogen-bond acceptors (Lipinski definition) is 4. The summed E-state index contributed by atoms with van der Waals surface area (Å²) < 4.78 is 0. The minimum Gasteiger partial charge on any atom is -0.365 e. The first-order valence-corrected chi connectivity index (χ1v) is 7.34. The zero-order chi connectivity index (χ0) is 13.4. The summed E-state index contributed by atoms with van der Waals surface area (Å²) >= 11 is 1.78. The maximum absolute atomic E-state index is 11.6. The molecule has 100 valence electrons. The van der Waals surface area contributed by atoms with Crippen molar-refractivity contribution in [2.24, 2.45) is 0 Å². The highest BCUT2D eigenvalue weighted by Gasteiger charge is 2.26. The van der Waals surface area contributed by atoms with E-state index in [0.29, 0.717) is 11.7 Å². The number of nitrogens with one attached hydrogen (secondary N) is 2. The predicted molar refractivity (Wildman–Crippen MR) is 78.0 cm³/mol. The van der Waals surface area contributed by atoms with Crippen LogP contribution in [0.1, 0.15) is 39.9 Å². The van der Waals surface area contributed by atoms with Gasteiger partial charge in [-0.3, -0.25) is 4.79 Å². The molecule has 0 aromatic carbocycles. The minimum absolute atomic E-state index is 0.0714. The highest BCUT2D eigenvalue weighted by molar-refractivity contribution is 7.12. The normalized spacial score (nSPS) is 14.6. The zero-order valence-corrected chi connectivity index (χ0v) is 11.9. The summed E-state index contributed by atoms with van der Waals surface area (Å²) in [5.41, 5.74) is 1.25. The molecule has 0 saturated heterocycles. The lowest BCUT2D eigenvalue weighted by atomic mass is 10.3. The van der Waals surface area contributed by atoms with Crippen LogP contribution in [0.15, 0.2) is 16.9 Å². The molecule has 0 atom stereocenters. The van der Waals surface area contributed by atoms with Gasteiger partial charge in [-0.05, 0) is 38.3 Å². The third-order valence-electron chi connectivity index (χ3n) is 3.38. The van der Waals surface area contributed by atoms with Crippen molar-refractivity contribution in [3.05, 3.63) is 43.6 Å². The third kappa shape index (κ3) is 2.87. The summed E-state index contributed by atoms with van der Waals surface area (Å²) in [4.78, 5) is 21.5. The number of H-pyrrole nitrogens is 1. The minimum atomic E-state index is -0.0714. The number of nitrogens with zero attached hydrogens (tertiary/aromatic N) is 1. The lowest BCUT2D eigenvalue weighted by molar-refractivity contribution is 0.904. The Bertz CT molecular complexity index is 635. The van der Waals surface area contributed by atoms with Gasteiger partial charge < -0.3 is 10.3 Å². The first-order valence-electron chi connectivity index (χ1n) is 6.53. The Kier molecular flexibility index (Phi) is 3.14. The summed E-state index contributed by atoms with van der Waals surface area (Å²) in [5.74, 6) is 1.96. The van der Waals surface area contributed by atoms with Gasteiger partial charge in [-0.2, -0.15) is 0 Å². The highest BCUT2D eigenvalue weighted by Crippen LogP contribution is 2.37. The van der Waals surface area contributed by atoms with Crippen molar-refractivity contribution in [2.45, 2.75) is 39.2 Å². The molecule has 1 fully saturated rings. The maximum Gasteiger partial charge on any atom is 0.252 e. The van der Waals surface area contributed by atoms with Gasteiger partial charge in [0.25, 0.3) is 5.56 Å². The van der Waals surface area contributed by atoms with E-state index < -0.39 is 0 Å². The van der Waals surface area contributed by atoms with Crippen LogP contribution in [0.4, 0.5) is 5.82 Å². The fourth-order valence-corrected chi connectivity index (χ4v) is 3.02. The standard InChI is InChI=1S/C14H17N3OS/c1-8-5-11(19-9(8)2)7-15-12-6-13(18)17-14(16-12)10-3-4-10/h5-6,10H,3-4,7H2,1-2H3,(H2,15,16,17,18). The fraction of sp³-hybridized carbons (Fsp3) is 0.429. The molecule has 0 unspecified atom stereocenters. The number of anilines is 1. The second-order valence-electron chi connectivity index (χ2n) is 5.10. The number of thiophene rings is 1. The van der Waals surface area contributed by atoms with Gasteiger partial charge in [-0.1, -0.05) is 0 Å². The molecular formula is C14H17N3OS. The van der Waals surface area contributed by atoms with Crippen LogP contribution in [0.5, 0.6) is 0 Å². The summed E-state index contributed by atoms with van der Waals surface area (Å²) in [6, 6.07) is 3.71. The van der Waals surface area contributed by atoms with E-state index in [2.05, 4.69) is 35.2 Å². The molecule has 5 heteroatoms. The number of aromatic amines is 1. The van der Waals surface area contributed by atoms with Crippen molar-refractivity contribution in [3.63, 3.8) is 0 Å². The molecule has 19 heavy (non-hydrogen) atoms. The Hall–Kier alpha value is -1.62. The van der Waals surface area contributed by atoms with Gasteiger partial charge in [0.2, 0.25) is 0 Å². The molecule has 2 heterocycles. The van der Waals surface area contributed by atoms with Gasteiger partial charge in [0.1, 0.15) is 11.6 Å². The van der Waals surface area contributed by atoms with Crippen LogP contribution in [-0.2, 0) is 6.54 Å². The van der Waals surface area contributed by atoms with Crippen molar-refractivity contribution in [1.82, 2.24) is 9.97 Å². The molecule has 2 aromatic heterocycles. The van der Waals surface area contributed by atoms with Gasteiger partial charge in [0.15, 0.2) is 0 Å². The van der Waals surface area contributed by atoms with E-state index in [1.807, 2.05) is 0 Å². The molecule has 2 N–H and O–H groups in total. The molecule has 0 spiro atoms. The van der Waals surface area contributed by atoms with Gasteiger partial charge in [0.05, 0.1) is 6.54 Å². The Balaban J connectivity index is 1.74. The van der Waals surface area contributed by atoms with Gasteiger partial charge >= 0.3 is 0 Å². The third-order valence-corrected chi connectivity index (χ3v) is 4.54. The maximum atomic E-state index is 11.6. The number of aryl methyl sites for hydroxylation is 2. The van der Waals surface area contributed by atoms with E-state index in [0.717, 1.165) is 25.2 Å². The van der Waals surface area contributed by atoms with Crippen LogP contribution in [0, 0.1) is 13.8 Å². The Morgan fingerprint density at radius 2 is 2.21 bits per heavy atom. The fourth-order valence-electron chi connectivity index (χ4n) is 2.03. The lowest BCUT2D eigenvalue weighted by Gasteiger charge is -2.05. The second-order valence-corrected chi connectivity index (χ2v) is 6.44. The van der Waals surface area contributed by atoms with E-state index in [9.17, 15) is 4.79 Å². The van der Waals surface area contributed by atoms with Gasteiger partial charge in [-0.25, -0.2) is 4.98 Å². The van der Waals surface area contributed by atoms with Crippen molar-refractivity contribution in [3.8, 4) is 0 Å². The Labute approximate surface area is 115 Å². The average molecular weight is 275 g/mol. The summed E-state index contributed by atoms with van der Waals surface area (Å²) in [6.07, 6.45) is 2.27. The van der Waals surface area contributed by atoms with Crippen LogP contribution in [0.3, 0.4) is 0 Å². The van der Waals surface area contributed by atoms with E-state index in [-0.39, 0.29) is 5.56 Å². The van der Waals surface area contributed by atoms with Gasteiger partial charge in [0, 0.05) is 21.7 Å². The quantitative estimate of drug-likeness (QED) is 0.902. The Morgan fingerprint density at radius 1 is 1.42 bits per heavy atom. The molecule has 0 amide bonds. The van der Waals surface area contributed by atoms with E-state index in [4.69, 9.17) is 0 Å². The highest BCUT2D eigenvalue weighted by atomic mass is 32.1. The first-order chi connectivity index (χ1) is 9.11. The van der Waals surface area contributed by atoms with Crippen molar-refractivity contribution in [2.75, 3.05) is 5.32 Å². The molecule has 0 bridgehead atoms. The van der Waals surface area contributed by atoms with Crippen LogP contribution in [-0.4, -0.2) is 9.97 Å². The van der Waals surface area contributed by atoms with Crippen LogP contribution < -0.4 is 10.9 Å².